The Morgan fingerprint density at radius 3 is 2.65 bits per heavy atom. The van der Waals surface area contributed by atoms with Gasteiger partial charge in [0.05, 0.1) is 0 Å². The van der Waals surface area contributed by atoms with Gasteiger partial charge in [-0.2, -0.15) is 11.8 Å². The van der Waals surface area contributed by atoms with Gasteiger partial charge in [0, 0.05) is 47.8 Å². The molecule has 2 fully saturated rings. The zero-order valence-corrected chi connectivity index (χ0v) is 16.8. The summed E-state index contributed by atoms with van der Waals surface area (Å²) in [6, 6.07) is 5.70. The van der Waals surface area contributed by atoms with Crippen LogP contribution in [0.25, 0.3) is 0 Å². The lowest BCUT2D eigenvalue weighted by Crippen LogP contribution is -2.38. The van der Waals surface area contributed by atoms with Gasteiger partial charge in [-0.3, -0.25) is 9.59 Å². The lowest BCUT2D eigenvalue weighted by atomic mass is 9.85. The van der Waals surface area contributed by atoms with E-state index < -0.39 is 0 Å². The molecule has 1 saturated carbocycles. The van der Waals surface area contributed by atoms with Crippen LogP contribution < -0.4 is 11.1 Å². The van der Waals surface area contributed by atoms with Crippen molar-refractivity contribution in [1.82, 2.24) is 4.90 Å². The number of nitrogens with one attached hydrogen (secondary N) is 1. The van der Waals surface area contributed by atoms with Crippen molar-refractivity contribution < 1.29 is 9.59 Å². The minimum atomic E-state index is -0.0263. The van der Waals surface area contributed by atoms with E-state index in [-0.39, 0.29) is 36.2 Å². The first-order valence-corrected chi connectivity index (χ1v) is 10.2. The smallest absolute Gasteiger partial charge is 0.253 e. The van der Waals surface area contributed by atoms with Crippen LogP contribution in [0, 0.1) is 12.8 Å². The molecule has 1 saturated heterocycles. The van der Waals surface area contributed by atoms with Gasteiger partial charge in [0.2, 0.25) is 5.91 Å². The molecular weight excluding hydrogens is 370 g/mol. The molecule has 0 bridgehead atoms. The molecule has 2 amide bonds. The second kappa shape index (κ2) is 9.62. The Morgan fingerprint density at radius 1 is 1.23 bits per heavy atom. The zero-order valence-electron chi connectivity index (χ0n) is 15.2. The summed E-state index contributed by atoms with van der Waals surface area (Å²) in [4.78, 5) is 27.2. The first kappa shape index (κ1) is 21.1. The van der Waals surface area contributed by atoms with Crippen molar-refractivity contribution in [2.24, 2.45) is 11.7 Å². The van der Waals surface area contributed by atoms with Gasteiger partial charge in [-0.1, -0.05) is 12.5 Å². The molecule has 1 heterocycles. The molecule has 26 heavy (non-hydrogen) atoms. The quantitative estimate of drug-likeness (QED) is 0.821. The number of aryl methyl sites for hydroxylation is 1. The summed E-state index contributed by atoms with van der Waals surface area (Å²) in [5.74, 6) is 2.03. The number of carbonyl (C=O) groups is 2. The van der Waals surface area contributed by atoms with Crippen LogP contribution in [0.5, 0.6) is 0 Å². The molecule has 1 aliphatic carbocycles. The first-order valence-electron chi connectivity index (χ1n) is 9.08. The lowest BCUT2D eigenvalue weighted by Gasteiger charge is -2.27. The number of hydrogen-bond donors (Lipinski definition) is 2. The summed E-state index contributed by atoms with van der Waals surface area (Å²) in [5.41, 5.74) is 8.36. The minimum absolute atomic E-state index is 0. The maximum Gasteiger partial charge on any atom is 0.253 e. The van der Waals surface area contributed by atoms with Crippen LogP contribution in [-0.4, -0.2) is 47.4 Å². The third-order valence-corrected chi connectivity index (χ3v) is 6.07. The Hall–Kier alpha value is -1.24. The molecule has 3 rings (SSSR count). The van der Waals surface area contributed by atoms with Crippen LogP contribution in [0.2, 0.25) is 0 Å². The summed E-state index contributed by atoms with van der Waals surface area (Å²) < 4.78 is 0. The van der Waals surface area contributed by atoms with Gasteiger partial charge >= 0.3 is 0 Å². The predicted molar refractivity (Wildman–Crippen MR) is 110 cm³/mol. The van der Waals surface area contributed by atoms with Crippen molar-refractivity contribution in [3.05, 3.63) is 29.3 Å². The standard InChI is InChI=1S/C19H27N3O2S.ClH/c1-13-5-6-15(19(24)22-7-9-25-10-8-22)12-17(13)21-18(23)14-3-2-4-16(20)11-14;/h5-6,12,14,16H,2-4,7-11,20H2,1H3,(H,21,23);1H. The normalized spacial score (nSPS) is 23.1. The van der Waals surface area contributed by atoms with Crippen molar-refractivity contribution in [1.29, 1.82) is 0 Å². The summed E-state index contributed by atoms with van der Waals surface area (Å²) in [7, 11) is 0. The van der Waals surface area contributed by atoms with Gasteiger partial charge in [0.1, 0.15) is 0 Å². The average molecular weight is 398 g/mol. The van der Waals surface area contributed by atoms with Crippen LogP contribution in [-0.2, 0) is 4.79 Å². The molecule has 1 aromatic rings. The van der Waals surface area contributed by atoms with Crippen molar-refractivity contribution in [3.8, 4) is 0 Å². The van der Waals surface area contributed by atoms with E-state index in [0.717, 1.165) is 61.5 Å². The van der Waals surface area contributed by atoms with Gasteiger partial charge in [-0.25, -0.2) is 0 Å². The summed E-state index contributed by atoms with van der Waals surface area (Å²) >= 11 is 1.88. The Morgan fingerprint density at radius 2 is 1.96 bits per heavy atom. The summed E-state index contributed by atoms with van der Waals surface area (Å²) in [5, 5.41) is 3.03. The molecule has 1 aliphatic heterocycles. The van der Waals surface area contributed by atoms with E-state index in [9.17, 15) is 9.59 Å². The highest BCUT2D eigenvalue weighted by atomic mass is 35.5. The van der Waals surface area contributed by atoms with Crippen LogP contribution in [0.4, 0.5) is 5.69 Å². The van der Waals surface area contributed by atoms with E-state index >= 15 is 0 Å². The van der Waals surface area contributed by atoms with E-state index in [4.69, 9.17) is 5.73 Å². The van der Waals surface area contributed by atoms with Crippen LogP contribution in [0.15, 0.2) is 18.2 Å². The van der Waals surface area contributed by atoms with Crippen LogP contribution in [0.1, 0.15) is 41.6 Å². The minimum Gasteiger partial charge on any atom is -0.337 e. The Labute approximate surface area is 165 Å². The summed E-state index contributed by atoms with van der Waals surface area (Å²) in [6.45, 7) is 3.53. The number of hydrogen-bond acceptors (Lipinski definition) is 4. The third kappa shape index (κ3) is 5.15. The molecule has 2 unspecified atom stereocenters. The topological polar surface area (TPSA) is 75.4 Å². The molecule has 7 heteroatoms. The molecule has 0 radical (unpaired) electrons. The second-order valence-electron chi connectivity index (χ2n) is 7.05. The largest absolute Gasteiger partial charge is 0.337 e. The number of nitrogens with two attached hydrogens (primary N) is 1. The fourth-order valence-corrected chi connectivity index (χ4v) is 4.44. The highest BCUT2D eigenvalue weighted by Gasteiger charge is 2.26. The number of halogens is 1. The van der Waals surface area contributed by atoms with Crippen molar-refractivity contribution in [2.75, 3.05) is 29.9 Å². The van der Waals surface area contributed by atoms with Crippen molar-refractivity contribution in [2.45, 2.75) is 38.6 Å². The highest BCUT2D eigenvalue weighted by molar-refractivity contribution is 7.99. The molecule has 2 aliphatic rings. The van der Waals surface area contributed by atoms with Crippen LogP contribution >= 0.6 is 24.2 Å². The van der Waals surface area contributed by atoms with E-state index in [1.54, 1.807) is 0 Å². The Kier molecular flexibility index (Phi) is 7.80. The number of amides is 2. The fraction of sp³-hybridized carbons (Fsp3) is 0.579. The molecule has 1 aromatic carbocycles. The van der Waals surface area contributed by atoms with Crippen LogP contribution in [0.3, 0.4) is 0 Å². The number of thioether (sulfide) groups is 1. The van der Waals surface area contributed by atoms with Gasteiger partial charge < -0.3 is 16.0 Å². The van der Waals surface area contributed by atoms with Gasteiger partial charge in [-0.05, 0) is 43.9 Å². The maximum atomic E-state index is 12.7. The van der Waals surface area contributed by atoms with E-state index in [0.29, 0.717) is 5.56 Å². The number of benzene rings is 1. The number of rotatable bonds is 3. The molecular formula is C19H28ClN3O2S. The number of carbonyl (C=O) groups excluding carboxylic acids is 2. The average Bonchev–Trinajstić information content (AvgIpc) is 2.63. The molecule has 2 atom stereocenters. The number of anilines is 1. The second-order valence-corrected chi connectivity index (χ2v) is 8.27. The SMILES string of the molecule is Cc1ccc(C(=O)N2CCSCC2)cc1NC(=O)C1CCCC(N)C1.Cl. The Balaban J connectivity index is 0.00000243. The van der Waals surface area contributed by atoms with Crippen molar-refractivity contribution >= 4 is 41.7 Å². The van der Waals surface area contributed by atoms with E-state index in [2.05, 4.69) is 5.32 Å². The summed E-state index contributed by atoms with van der Waals surface area (Å²) in [6.07, 6.45) is 3.64. The molecule has 144 valence electrons. The Bertz CT molecular complexity index is 650. The third-order valence-electron chi connectivity index (χ3n) is 5.13. The fourth-order valence-electron chi connectivity index (χ4n) is 3.54. The number of nitrogens with zero attached hydrogens (tertiary/aromatic N) is 1. The van der Waals surface area contributed by atoms with Gasteiger partial charge in [0.25, 0.3) is 5.91 Å². The van der Waals surface area contributed by atoms with Crippen molar-refractivity contribution in [3.63, 3.8) is 0 Å². The van der Waals surface area contributed by atoms with Gasteiger partial charge in [-0.15, -0.1) is 12.4 Å². The monoisotopic (exact) mass is 397 g/mol. The molecule has 0 spiro atoms. The predicted octanol–water partition coefficient (Wildman–Crippen LogP) is 3.06. The zero-order chi connectivity index (χ0) is 17.8. The van der Waals surface area contributed by atoms with E-state index in [1.165, 1.54) is 0 Å². The first-order chi connectivity index (χ1) is 12.0. The molecule has 3 N–H and O–H groups in total. The molecule has 0 aromatic heterocycles. The van der Waals surface area contributed by atoms with Gasteiger partial charge in [0.15, 0.2) is 0 Å². The lowest BCUT2D eigenvalue weighted by molar-refractivity contribution is -0.120. The maximum absolute atomic E-state index is 12.7. The molecule has 5 nitrogen and oxygen atoms in total. The highest BCUT2D eigenvalue weighted by Crippen LogP contribution is 2.26. The van der Waals surface area contributed by atoms with E-state index in [1.807, 2.05) is 41.8 Å².